The van der Waals surface area contributed by atoms with Crippen LogP contribution in [-0.4, -0.2) is 34.2 Å². The van der Waals surface area contributed by atoms with Crippen molar-refractivity contribution in [3.8, 4) is 11.4 Å². The van der Waals surface area contributed by atoms with Crippen LogP contribution in [0, 0.1) is 0 Å². The molecule has 29 heavy (non-hydrogen) atoms. The number of benzene rings is 2. The number of hydrogen-bond donors (Lipinski definition) is 1. The minimum atomic E-state index is -0.0898. The fraction of sp³-hybridized carbons (Fsp3) is 0.318. The molecule has 0 bridgehead atoms. The Balaban J connectivity index is 1.44. The monoisotopic (exact) mass is 410 g/mol. The lowest BCUT2D eigenvalue weighted by molar-refractivity contribution is 0.184. The lowest BCUT2D eigenvalue weighted by Crippen LogP contribution is -2.41. The van der Waals surface area contributed by atoms with Crippen molar-refractivity contribution in [1.82, 2.24) is 15.0 Å². The van der Waals surface area contributed by atoms with Gasteiger partial charge in [0.2, 0.25) is 11.7 Å². The van der Waals surface area contributed by atoms with Gasteiger partial charge in [-0.05, 0) is 55.2 Å². The number of urea groups is 1. The Kier molecular flexibility index (Phi) is 5.81. The summed E-state index contributed by atoms with van der Waals surface area (Å²) in [7, 11) is 0. The highest BCUT2D eigenvalue weighted by Gasteiger charge is 2.29. The zero-order chi connectivity index (χ0) is 20.2. The third kappa shape index (κ3) is 4.43. The largest absolute Gasteiger partial charge is 0.339 e. The second kappa shape index (κ2) is 8.66. The van der Waals surface area contributed by atoms with Gasteiger partial charge < -0.3 is 14.7 Å². The van der Waals surface area contributed by atoms with E-state index in [0.29, 0.717) is 23.3 Å². The maximum Gasteiger partial charge on any atom is 0.321 e. The molecular formula is C22H23ClN4O2. The molecule has 0 spiro atoms. The molecule has 1 aliphatic heterocycles. The lowest BCUT2D eigenvalue weighted by Gasteiger charge is -2.31. The topological polar surface area (TPSA) is 71.3 Å². The van der Waals surface area contributed by atoms with Crippen LogP contribution in [0.3, 0.4) is 0 Å². The smallest absolute Gasteiger partial charge is 0.321 e. The van der Waals surface area contributed by atoms with Gasteiger partial charge >= 0.3 is 6.03 Å². The Morgan fingerprint density at radius 3 is 2.83 bits per heavy atom. The molecule has 7 heteroatoms. The summed E-state index contributed by atoms with van der Waals surface area (Å²) in [5.74, 6) is 1.14. The number of aryl methyl sites for hydroxylation is 1. The summed E-state index contributed by atoms with van der Waals surface area (Å²) in [6, 6.07) is 15.1. The molecule has 1 fully saturated rings. The van der Waals surface area contributed by atoms with Gasteiger partial charge in [0.15, 0.2) is 0 Å². The number of rotatable bonds is 4. The lowest BCUT2D eigenvalue weighted by atomic mass is 9.98. The van der Waals surface area contributed by atoms with Crippen LogP contribution in [0.4, 0.5) is 10.5 Å². The summed E-state index contributed by atoms with van der Waals surface area (Å²) in [5.41, 5.74) is 2.84. The number of carbonyl (C=O) groups excluding carboxylic acids is 1. The summed E-state index contributed by atoms with van der Waals surface area (Å²) in [6.07, 6.45) is 2.68. The maximum atomic E-state index is 12.8. The van der Waals surface area contributed by atoms with Crippen molar-refractivity contribution >= 4 is 23.3 Å². The second-order valence-corrected chi connectivity index (χ2v) is 7.63. The predicted octanol–water partition coefficient (Wildman–Crippen LogP) is 5.36. The van der Waals surface area contributed by atoms with Crippen molar-refractivity contribution in [3.05, 3.63) is 65.0 Å². The normalized spacial score (nSPS) is 16.6. The van der Waals surface area contributed by atoms with Crippen LogP contribution in [0.1, 0.15) is 37.1 Å². The summed E-state index contributed by atoms with van der Waals surface area (Å²) in [6.45, 7) is 3.35. The Hall–Kier alpha value is -2.86. The van der Waals surface area contributed by atoms with Crippen LogP contribution < -0.4 is 5.32 Å². The minimum Gasteiger partial charge on any atom is -0.339 e. The number of likely N-dealkylation sites (tertiary alicyclic amines) is 1. The molecule has 0 radical (unpaired) electrons. The average molecular weight is 411 g/mol. The van der Waals surface area contributed by atoms with Gasteiger partial charge in [0, 0.05) is 29.4 Å². The van der Waals surface area contributed by atoms with Crippen molar-refractivity contribution in [3.63, 3.8) is 0 Å². The van der Waals surface area contributed by atoms with Gasteiger partial charge in [0.25, 0.3) is 0 Å². The average Bonchev–Trinajstić information content (AvgIpc) is 3.25. The fourth-order valence-corrected chi connectivity index (χ4v) is 3.75. The molecular weight excluding hydrogens is 388 g/mol. The molecule has 0 unspecified atom stereocenters. The Morgan fingerprint density at radius 1 is 1.24 bits per heavy atom. The Bertz CT molecular complexity index is 986. The van der Waals surface area contributed by atoms with E-state index in [1.807, 2.05) is 41.3 Å². The van der Waals surface area contributed by atoms with Gasteiger partial charge in [0.05, 0.1) is 5.92 Å². The summed E-state index contributed by atoms with van der Waals surface area (Å²) in [4.78, 5) is 19.2. The SMILES string of the molecule is CCc1ccccc1NC(=O)N1CCC[C@H](c2nc(-c3ccc(Cl)cc3)no2)C1. The molecule has 2 aromatic carbocycles. The fourth-order valence-electron chi connectivity index (χ4n) is 3.63. The van der Waals surface area contributed by atoms with E-state index < -0.39 is 0 Å². The van der Waals surface area contributed by atoms with Gasteiger partial charge in [-0.2, -0.15) is 4.98 Å². The zero-order valence-corrected chi connectivity index (χ0v) is 17.0. The van der Waals surface area contributed by atoms with Crippen LogP contribution in [-0.2, 0) is 6.42 Å². The number of anilines is 1. The third-order valence-corrected chi connectivity index (χ3v) is 5.49. The van der Waals surface area contributed by atoms with Crippen LogP contribution in [0.15, 0.2) is 53.1 Å². The van der Waals surface area contributed by atoms with E-state index in [9.17, 15) is 4.79 Å². The van der Waals surface area contributed by atoms with E-state index in [-0.39, 0.29) is 11.9 Å². The highest BCUT2D eigenvalue weighted by atomic mass is 35.5. The first-order chi connectivity index (χ1) is 14.1. The molecule has 1 atom stereocenters. The highest BCUT2D eigenvalue weighted by molar-refractivity contribution is 6.30. The van der Waals surface area contributed by atoms with Crippen molar-refractivity contribution < 1.29 is 9.32 Å². The van der Waals surface area contributed by atoms with E-state index in [4.69, 9.17) is 16.1 Å². The van der Waals surface area contributed by atoms with Crippen LogP contribution in [0.5, 0.6) is 0 Å². The Labute approximate surface area is 174 Å². The first-order valence-electron chi connectivity index (χ1n) is 9.87. The van der Waals surface area contributed by atoms with E-state index in [1.165, 1.54) is 0 Å². The van der Waals surface area contributed by atoms with Gasteiger partial charge in [-0.25, -0.2) is 4.79 Å². The van der Waals surface area contributed by atoms with E-state index in [0.717, 1.165) is 42.6 Å². The summed E-state index contributed by atoms with van der Waals surface area (Å²) >= 11 is 5.94. The number of carbonyl (C=O) groups is 1. The molecule has 1 saturated heterocycles. The van der Waals surface area contributed by atoms with Crippen LogP contribution >= 0.6 is 11.6 Å². The number of nitrogens with zero attached hydrogens (tertiary/aromatic N) is 3. The second-order valence-electron chi connectivity index (χ2n) is 7.19. The zero-order valence-electron chi connectivity index (χ0n) is 16.3. The van der Waals surface area contributed by atoms with Gasteiger partial charge in [-0.3, -0.25) is 0 Å². The summed E-state index contributed by atoms with van der Waals surface area (Å²) < 4.78 is 5.52. The first-order valence-corrected chi connectivity index (χ1v) is 10.2. The molecule has 3 aromatic rings. The number of halogens is 1. The standard InChI is InChI=1S/C22H23ClN4O2/c1-2-15-6-3-4-8-19(15)24-22(28)27-13-5-7-17(14-27)21-25-20(26-29-21)16-9-11-18(23)12-10-16/h3-4,6,8-12,17H,2,5,7,13-14H2,1H3,(H,24,28)/t17-/m0/s1. The number of amides is 2. The molecule has 0 saturated carbocycles. The van der Waals surface area contributed by atoms with Crippen molar-refractivity contribution in [1.29, 1.82) is 0 Å². The van der Waals surface area contributed by atoms with Crippen LogP contribution in [0.2, 0.25) is 5.02 Å². The third-order valence-electron chi connectivity index (χ3n) is 5.24. The van der Waals surface area contributed by atoms with Crippen molar-refractivity contribution in [2.24, 2.45) is 0 Å². The van der Waals surface area contributed by atoms with E-state index >= 15 is 0 Å². The summed E-state index contributed by atoms with van der Waals surface area (Å²) in [5, 5.41) is 7.81. The number of para-hydroxylation sites is 1. The van der Waals surface area contributed by atoms with Gasteiger partial charge in [-0.1, -0.05) is 41.9 Å². The molecule has 4 rings (SSSR count). The number of hydrogen-bond acceptors (Lipinski definition) is 4. The quantitative estimate of drug-likeness (QED) is 0.628. The number of nitrogens with one attached hydrogen (secondary N) is 1. The number of aromatic nitrogens is 2. The van der Waals surface area contributed by atoms with Crippen molar-refractivity contribution in [2.45, 2.75) is 32.1 Å². The molecule has 1 aliphatic rings. The van der Waals surface area contributed by atoms with Crippen molar-refractivity contribution in [2.75, 3.05) is 18.4 Å². The minimum absolute atomic E-state index is 0.0319. The van der Waals surface area contributed by atoms with Gasteiger partial charge in [0.1, 0.15) is 0 Å². The molecule has 1 N–H and O–H groups in total. The Morgan fingerprint density at radius 2 is 2.03 bits per heavy atom. The predicted molar refractivity (Wildman–Crippen MR) is 113 cm³/mol. The van der Waals surface area contributed by atoms with E-state index in [1.54, 1.807) is 12.1 Å². The molecule has 0 aliphatic carbocycles. The molecule has 150 valence electrons. The first kappa shape index (κ1) is 19.5. The van der Waals surface area contributed by atoms with Gasteiger partial charge in [-0.15, -0.1) is 0 Å². The molecule has 2 amide bonds. The molecule has 6 nitrogen and oxygen atoms in total. The molecule has 1 aromatic heterocycles. The van der Waals surface area contributed by atoms with Crippen LogP contribution in [0.25, 0.3) is 11.4 Å². The molecule has 2 heterocycles. The number of piperidine rings is 1. The van der Waals surface area contributed by atoms with E-state index in [2.05, 4.69) is 22.4 Å². The highest BCUT2D eigenvalue weighted by Crippen LogP contribution is 2.28. The maximum absolute atomic E-state index is 12.8.